The summed E-state index contributed by atoms with van der Waals surface area (Å²) >= 11 is 0. The van der Waals surface area contributed by atoms with Crippen LogP contribution in [0.5, 0.6) is 11.5 Å². The lowest BCUT2D eigenvalue weighted by Crippen LogP contribution is -2.24. The average Bonchev–Trinajstić information content (AvgIpc) is 3.30. The number of hydrogen-bond acceptors (Lipinski definition) is 6. The summed E-state index contributed by atoms with van der Waals surface area (Å²) in [5.74, 6) is 0.513. The van der Waals surface area contributed by atoms with Crippen LogP contribution in [0.1, 0.15) is 21.6 Å². The Bertz CT molecular complexity index is 1290. The van der Waals surface area contributed by atoms with Crippen molar-refractivity contribution in [3.8, 4) is 28.4 Å². The van der Waals surface area contributed by atoms with Gasteiger partial charge in [-0.15, -0.1) is 5.10 Å². The summed E-state index contributed by atoms with van der Waals surface area (Å²) in [6.45, 7) is 1.85. The molecule has 0 aliphatic carbocycles. The first-order valence-corrected chi connectivity index (χ1v) is 10.1. The summed E-state index contributed by atoms with van der Waals surface area (Å²) in [4.78, 5) is 17.3. The number of methoxy groups -OCH3 is 2. The first kappa shape index (κ1) is 21.9. The number of amides is 1. The van der Waals surface area contributed by atoms with Crippen LogP contribution in [0.3, 0.4) is 0 Å². The van der Waals surface area contributed by atoms with E-state index in [2.05, 4.69) is 20.6 Å². The number of aryl methyl sites for hydroxylation is 1. The minimum atomic E-state index is -0.427. The molecular weight excluding hydrogens is 425 g/mol. The van der Waals surface area contributed by atoms with Crippen LogP contribution < -0.4 is 14.8 Å². The molecule has 0 fully saturated rings. The van der Waals surface area contributed by atoms with Crippen LogP contribution in [-0.2, 0) is 6.54 Å². The van der Waals surface area contributed by atoms with Crippen molar-refractivity contribution in [2.45, 2.75) is 13.5 Å². The highest BCUT2D eigenvalue weighted by Gasteiger charge is 2.23. The summed E-state index contributed by atoms with van der Waals surface area (Å²) in [5, 5.41) is 11.2. The molecule has 0 atom stereocenters. The van der Waals surface area contributed by atoms with Gasteiger partial charge in [0.2, 0.25) is 0 Å². The predicted octanol–water partition coefficient (Wildman–Crippen LogP) is 3.72. The maximum absolute atomic E-state index is 13.8. The molecule has 2 heterocycles. The molecule has 9 heteroatoms. The van der Waals surface area contributed by atoms with Crippen molar-refractivity contribution in [2.24, 2.45) is 0 Å². The van der Waals surface area contributed by atoms with Gasteiger partial charge in [0.05, 0.1) is 19.9 Å². The minimum Gasteiger partial charge on any atom is -0.497 e. The molecule has 0 radical (unpaired) electrons. The van der Waals surface area contributed by atoms with Crippen LogP contribution in [0.4, 0.5) is 4.39 Å². The van der Waals surface area contributed by atoms with E-state index in [1.165, 1.54) is 10.7 Å². The summed E-state index contributed by atoms with van der Waals surface area (Å²) in [7, 11) is 3.13. The van der Waals surface area contributed by atoms with Crippen LogP contribution in [0.2, 0.25) is 0 Å². The summed E-state index contributed by atoms with van der Waals surface area (Å²) in [5.41, 5.74) is 2.99. The maximum Gasteiger partial charge on any atom is 0.274 e. The van der Waals surface area contributed by atoms with E-state index in [-0.39, 0.29) is 18.1 Å². The topological polar surface area (TPSA) is 91.2 Å². The van der Waals surface area contributed by atoms with E-state index in [1.807, 2.05) is 0 Å². The molecule has 0 saturated carbocycles. The van der Waals surface area contributed by atoms with Gasteiger partial charge in [-0.1, -0.05) is 5.21 Å². The van der Waals surface area contributed by atoms with E-state index in [0.29, 0.717) is 34.0 Å². The highest BCUT2D eigenvalue weighted by atomic mass is 19.1. The second kappa shape index (κ2) is 9.47. The molecule has 0 saturated heterocycles. The second-order valence-electron chi connectivity index (χ2n) is 7.23. The summed E-state index contributed by atoms with van der Waals surface area (Å²) < 4.78 is 26.0. The van der Waals surface area contributed by atoms with Gasteiger partial charge in [-0.3, -0.25) is 9.78 Å². The molecule has 4 aromatic rings. The molecule has 0 aliphatic rings. The van der Waals surface area contributed by atoms with Crippen molar-refractivity contribution in [3.05, 3.63) is 83.6 Å². The average molecular weight is 447 g/mol. The van der Waals surface area contributed by atoms with E-state index >= 15 is 0 Å². The van der Waals surface area contributed by atoms with Crippen LogP contribution in [-0.4, -0.2) is 40.1 Å². The van der Waals surface area contributed by atoms with Crippen molar-refractivity contribution in [1.82, 2.24) is 25.3 Å². The molecule has 0 aliphatic heterocycles. The van der Waals surface area contributed by atoms with E-state index in [9.17, 15) is 9.18 Å². The Kier molecular flexibility index (Phi) is 6.30. The number of carbonyl (C=O) groups is 1. The first-order chi connectivity index (χ1) is 16.0. The number of pyridine rings is 1. The lowest BCUT2D eigenvalue weighted by molar-refractivity contribution is 0.0946. The van der Waals surface area contributed by atoms with Crippen LogP contribution >= 0.6 is 0 Å². The standard InChI is InChI=1S/C24H22FN5O3/c1-15-11-18(6-8-20(15)25)30-23(16-5-4-10-26-13-16)22(28-29-30)24(31)27-14-17-12-19(32-2)7-9-21(17)33-3/h4-13H,14H2,1-3H3,(H,27,31). The van der Waals surface area contributed by atoms with E-state index in [0.717, 1.165) is 5.56 Å². The molecule has 0 unspecified atom stereocenters. The Morgan fingerprint density at radius 1 is 1.12 bits per heavy atom. The Balaban J connectivity index is 1.70. The highest BCUT2D eigenvalue weighted by molar-refractivity contribution is 5.98. The fourth-order valence-electron chi connectivity index (χ4n) is 3.42. The molecule has 1 amide bonds. The van der Waals surface area contributed by atoms with Crippen LogP contribution in [0.15, 0.2) is 60.9 Å². The highest BCUT2D eigenvalue weighted by Crippen LogP contribution is 2.27. The predicted molar refractivity (Wildman–Crippen MR) is 120 cm³/mol. The molecule has 168 valence electrons. The molecule has 0 bridgehead atoms. The number of benzene rings is 2. The molecule has 1 N–H and O–H groups in total. The van der Waals surface area contributed by atoms with Gasteiger partial charge in [0.1, 0.15) is 23.0 Å². The van der Waals surface area contributed by atoms with Gasteiger partial charge in [0, 0.05) is 30.1 Å². The van der Waals surface area contributed by atoms with Gasteiger partial charge in [0.15, 0.2) is 5.69 Å². The van der Waals surface area contributed by atoms with Gasteiger partial charge in [-0.2, -0.15) is 0 Å². The molecule has 8 nitrogen and oxygen atoms in total. The van der Waals surface area contributed by atoms with Gasteiger partial charge in [-0.05, 0) is 61.0 Å². The van der Waals surface area contributed by atoms with Crippen molar-refractivity contribution < 1.29 is 18.7 Å². The third kappa shape index (κ3) is 4.52. The number of nitrogens with one attached hydrogen (secondary N) is 1. The van der Waals surface area contributed by atoms with Gasteiger partial charge in [0.25, 0.3) is 5.91 Å². The Morgan fingerprint density at radius 2 is 1.97 bits per heavy atom. The minimum absolute atomic E-state index is 0.117. The molecular formula is C24H22FN5O3. The number of rotatable bonds is 7. The fraction of sp³-hybridized carbons (Fsp3) is 0.167. The van der Waals surface area contributed by atoms with E-state index in [4.69, 9.17) is 9.47 Å². The molecule has 4 rings (SSSR count). The number of nitrogens with zero attached hydrogens (tertiary/aromatic N) is 4. The largest absolute Gasteiger partial charge is 0.497 e. The molecule has 0 spiro atoms. The molecule has 33 heavy (non-hydrogen) atoms. The zero-order chi connectivity index (χ0) is 23.4. The summed E-state index contributed by atoms with van der Waals surface area (Å²) in [6, 6.07) is 13.5. The van der Waals surface area contributed by atoms with Crippen LogP contribution in [0, 0.1) is 12.7 Å². The van der Waals surface area contributed by atoms with E-state index < -0.39 is 5.91 Å². The maximum atomic E-state index is 13.8. The lowest BCUT2D eigenvalue weighted by atomic mass is 10.1. The van der Waals surface area contributed by atoms with Crippen molar-refractivity contribution in [3.63, 3.8) is 0 Å². The smallest absolute Gasteiger partial charge is 0.274 e. The Hall–Kier alpha value is -4.27. The normalized spacial score (nSPS) is 10.7. The quantitative estimate of drug-likeness (QED) is 0.464. The zero-order valence-corrected chi connectivity index (χ0v) is 18.4. The fourth-order valence-corrected chi connectivity index (χ4v) is 3.42. The third-order valence-corrected chi connectivity index (χ3v) is 5.13. The number of ether oxygens (including phenoxy) is 2. The summed E-state index contributed by atoms with van der Waals surface area (Å²) in [6.07, 6.45) is 3.25. The van der Waals surface area contributed by atoms with Crippen molar-refractivity contribution in [1.29, 1.82) is 0 Å². The number of hydrogen-bond donors (Lipinski definition) is 1. The monoisotopic (exact) mass is 447 g/mol. The van der Waals surface area contributed by atoms with Crippen molar-refractivity contribution >= 4 is 5.91 Å². The number of halogens is 1. The van der Waals surface area contributed by atoms with Gasteiger partial charge in [-0.25, -0.2) is 9.07 Å². The first-order valence-electron chi connectivity index (χ1n) is 10.1. The number of aromatic nitrogens is 4. The van der Waals surface area contributed by atoms with Gasteiger partial charge >= 0.3 is 0 Å². The second-order valence-corrected chi connectivity index (χ2v) is 7.23. The van der Waals surface area contributed by atoms with Crippen molar-refractivity contribution in [2.75, 3.05) is 14.2 Å². The Morgan fingerprint density at radius 3 is 2.67 bits per heavy atom. The third-order valence-electron chi connectivity index (χ3n) is 5.13. The lowest BCUT2D eigenvalue weighted by Gasteiger charge is -2.12. The van der Waals surface area contributed by atoms with Crippen LogP contribution in [0.25, 0.3) is 16.9 Å². The SMILES string of the molecule is COc1ccc(OC)c(CNC(=O)c2nnn(-c3ccc(F)c(C)c3)c2-c2cccnc2)c1. The Labute approximate surface area is 190 Å². The number of carbonyl (C=O) groups excluding carboxylic acids is 1. The van der Waals surface area contributed by atoms with E-state index in [1.54, 1.807) is 76.0 Å². The van der Waals surface area contributed by atoms with Gasteiger partial charge < -0.3 is 14.8 Å². The zero-order valence-electron chi connectivity index (χ0n) is 18.4. The molecule has 2 aromatic carbocycles. The molecule has 2 aromatic heterocycles.